The van der Waals surface area contributed by atoms with E-state index in [0.29, 0.717) is 12.2 Å². The van der Waals surface area contributed by atoms with Gasteiger partial charge in [-0.2, -0.15) is 0 Å². The molecule has 1 N–H and O–H groups in total. The van der Waals surface area contributed by atoms with Gasteiger partial charge in [-0.1, -0.05) is 30.4 Å². The van der Waals surface area contributed by atoms with E-state index in [2.05, 4.69) is 11.9 Å². The number of benzene rings is 2. The summed E-state index contributed by atoms with van der Waals surface area (Å²) in [5, 5.41) is 2.85. The number of amides is 1. The first kappa shape index (κ1) is 13.9. The second kappa shape index (κ2) is 6.57. The summed E-state index contributed by atoms with van der Waals surface area (Å²) in [4.78, 5) is 12.1. The average Bonchev–Trinajstić information content (AvgIpc) is 2.48. The molecule has 0 spiro atoms. The van der Waals surface area contributed by atoms with Crippen molar-refractivity contribution >= 4 is 11.6 Å². The molecule has 102 valence electrons. The van der Waals surface area contributed by atoms with Crippen LogP contribution in [0.3, 0.4) is 0 Å². The van der Waals surface area contributed by atoms with Crippen molar-refractivity contribution in [3.8, 4) is 5.75 Å². The molecule has 0 bridgehead atoms. The number of ether oxygens (including phenoxy) is 1. The van der Waals surface area contributed by atoms with Gasteiger partial charge in [0.2, 0.25) is 0 Å². The number of aryl methyl sites for hydroxylation is 1. The van der Waals surface area contributed by atoms with Gasteiger partial charge >= 0.3 is 0 Å². The molecule has 0 radical (unpaired) electrons. The second-order valence-corrected chi connectivity index (χ2v) is 4.44. The molecule has 3 nitrogen and oxygen atoms in total. The largest absolute Gasteiger partial charge is 0.490 e. The Morgan fingerprint density at radius 1 is 1.15 bits per heavy atom. The predicted octanol–water partition coefficient (Wildman–Crippen LogP) is 3.81. The first-order valence-electron chi connectivity index (χ1n) is 6.41. The van der Waals surface area contributed by atoms with Gasteiger partial charge < -0.3 is 10.1 Å². The van der Waals surface area contributed by atoms with Crippen molar-refractivity contribution in [3.63, 3.8) is 0 Å². The minimum Gasteiger partial charge on any atom is -0.490 e. The van der Waals surface area contributed by atoms with E-state index in [1.165, 1.54) is 0 Å². The van der Waals surface area contributed by atoms with Crippen molar-refractivity contribution in [2.45, 2.75) is 6.92 Å². The maximum absolute atomic E-state index is 12.1. The lowest BCUT2D eigenvalue weighted by atomic mass is 10.2. The standard InChI is InChI=1S/C17H17NO2/c1-3-12-20-16-10-6-14(7-11-16)17(19)18-15-8-4-13(2)5-9-15/h3-11H,1,12H2,2H3,(H,18,19). The van der Waals surface area contributed by atoms with E-state index < -0.39 is 0 Å². The second-order valence-electron chi connectivity index (χ2n) is 4.44. The summed E-state index contributed by atoms with van der Waals surface area (Å²) in [5.41, 5.74) is 2.54. The Bertz CT molecular complexity index is 585. The summed E-state index contributed by atoms with van der Waals surface area (Å²) in [7, 11) is 0. The molecule has 0 aromatic heterocycles. The molecule has 1 amide bonds. The maximum atomic E-state index is 12.1. The minimum atomic E-state index is -0.135. The number of carbonyl (C=O) groups is 1. The Balaban J connectivity index is 2.01. The molecule has 0 heterocycles. The number of hydrogen-bond donors (Lipinski definition) is 1. The van der Waals surface area contributed by atoms with Crippen molar-refractivity contribution in [1.29, 1.82) is 0 Å². The topological polar surface area (TPSA) is 38.3 Å². The molecular weight excluding hydrogens is 250 g/mol. The number of anilines is 1. The zero-order valence-corrected chi connectivity index (χ0v) is 11.4. The Morgan fingerprint density at radius 2 is 1.80 bits per heavy atom. The highest BCUT2D eigenvalue weighted by Gasteiger charge is 2.06. The zero-order chi connectivity index (χ0) is 14.4. The molecule has 0 aliphatic rings. The lowest BCUT2D eigenvalue weighted by Gasteiger charge is -2.07. The van der Waals surface area contributed by atoms with Gasteiger partial charge in [0.1, 0.15) is 12.4 Å². The van der Waals surface area contributed by atoms with Crippen LogP contribution in [0.2, 0.25) is 0 Å². The van der Waals surface area contributed by atoms with Crippen LogP contribution in [0.5, 0.6) is 5.75 Å². The summed E-state index contributed by atoms with van der Waals surface area (Å²) >= 11 is 0. The van der Waals surface area contributed by atoms with Crippen molar-refractivity contribution in [1.82, 2.24) is 0 Å². The minimum absolute atomic E-state index is 0.135. The van der Waals surface area contributed by atoms with E-state index in [0.717, 1.165) is 17.0 Å². The lowest BCUT2D eigenvalue weighted by molar-refractivity contribution is 0.102. The average molecular weight is 267 g/mol. The normalized spacial score (nSPS) is 9.85. The van der Waals surface area contributed by atoms with Crippen LogP contribution >= 0.6 is 0 Å². The molecule has 0 fully saturated rings. The van der Waals surface area contributed by atoms with E-state index in [9.17, 15) is 4.79 Å². The lowest BCUT2D eigenvalue weighted by Crippen LogP contribution is -2.11. The molecule has 20 heavy (non-hydrogen) atoms. The van der Waals surface area contributed by atoms with Gasteiger partial charge in [-0.15, -0.1) is 0 Å². The third kappa shape index (κ3) is 3.72. The third-order valence-corrected chi connectivity index (χ3v) is 2.79. The van der Waals surface area contributed by atoms with Crippen LogP contribution < -0.4 is 10.1 Å². The van der Waals surface area contributed by atoms with Crippen molar-refractivity contribution < 1.29 is 9.53 Å². The van der Waals surface area contributed by atoms with Crippen LogP contribution in [-0.4, -0.2) is 12.5 Å². The molecule has 2 aromatic rings. The van der Waals surface area contributed by atoms with Gasteiger partial charge in [0, 0.05) is 11.3 Å². The van der Waals surface area contributed by atoms with Crippen LogP contribution in [-0.2, 0) is 0 Å². The molecule has 0 unspecified atom stereocenters. The molecular formula is C17H17NO2. The first-order valence-corrected chi connectivity index (χ1v) is 6.41. The number of hydrogen-bond acceptors (Lipinski definition) is 2. The first-order chi connectivity index (χ1) is 9.69. The van der Waals surface area contributed by atoms with E-state index in [1.54, 1.807) is 30.3 Å². The third-order valence-electron chi connectivity index (χ3n) is 2.79. The smallest absolute Gasteiger partial charge is 0.255 e. The molecule has 0 atom stereocenters. The van der Waals surface area contributed by atoms with Gasteiger partial charge in [-0.05, 0) is 43.3 Å². The predicted molar refractivity (Wildman–Crippen MR) is 81.3 cm³/mol. The van der Waals surface area contributed by atoms with Crippen molar-refractivity contribution in [3.05, 3.63) is 72.3 Å². The van der Waals surface area contributed by atoms with Crippen LogP contribution in [0.1, 0.15) is 15.9 Å². The number of nitrogens with one attached hydrogen (secondary N) is 1. The van der Waals surface area contributed by atoms with Crippen molar-refractivity contribution in [2.75, 3.05) is 11.9 Å². The summed E-state index contributed by atoms with van der Waals surface area (Å²) in [5.74, 6) is 0.584. The molecule has 2 rings (SSSR count). The Hall–Kier alpha value is -2.55. The van der Waals surface area contributed by atoms with Crippen LogP contribution in [0.4, 0.5) is 5.69 Å². The molecule has 2 aromatic carbocycles. The maximum Gasteiger partial charge on any atom is 0.255 e. The quantitative estimate of drug-likeness (QED) is 0.836. The monoisotopic (exact) mass is 267 g/mol. The van der Waals surface area contributed by atoms with Gasteiger partial charge in [-0.25, -0.2) is 0 Å². The summed E-state index contributed by atoms with van der Waals surface area (Å²) in [6.07, 6.45) is 1.68. The summed E-state index contributed by atoms with van der Waals surface area (Å²) in [6.45, 7) is 6.05. The Morgan fingerprint density at radius 3 is 2.40 bits per heavy atom. The van der Waals surface area contributed by atoms with Crippen LogP contribution in [0, 0.1) is 6.92 Å². The fourth-order valence-electron chi connectivity index (χ4n) is 1.70. The highest BCUT2D eigenvalue weighted by molar-refractivity contribution is 6.04. The van der Waals surface area contributed by atoms with E-state index >= 15 is 0 Å². The Labute approximate surface area is 118 Å². The number of rotatable bonds is 5. The summed E-state index contributed by atoms with van der Waals surface area (Å²) in [6, 6.07) is 14.7. The van der Waals surface area contributed by atoms with Gasteiger partial charge in [0.05, 0.1) is 0 Å². The van der Waals surface area contributed by atoms with E-state index in [4.69, 9.17) is 4.74 Å². The van der Waals surface area contributed by atoms with Crippen molar-refractivity contribution in [2.24, 2.45) is 0 Å². The zero-order valence-electron chi connectivity index (χ0n) is 11.4. The molecule has 3 heteroatoms. The Kier molecular flexibility index (Phi) is 4.56. The van der Waals surface area contributed by atoms with E-state index in [-0.39, 0.29) is 5.91 Å². The van der Waals surface area contributed by atoms with Crippen LogP contribution in [0.25, 0.3) is 0 Å². The van der Waals surface area contributed by atoms with Crippen LogP contribution in [0.15, 0.2) is 61.2 Å². The SMILES string of the molecule is C=CCOc1ccc(C(=O)Nc2ccc(C)cc2)cc1. The van der Waals surface area contributed by atoms with E-state index in [1.807, 2.05) is 31.2 Å². The molecule has 0 aliphatic carbocycles. The fourth-order valence-corrected chi connectivity index (χ4v) is 1.70. The van der Waals surface area contributed by atoms with Gasteiger partial charge in [-0.3, -0.25) is 4.79 Å². The number of carbonyl (C=O) groups excluding carboxylic acids is 1. The van der Waals surface area contributed by atoms with Gasteiger partial charge in [0.25, 0.3) is 5.91 Å². The molecule has 0 saturated carbocycles. The molecule has 0 saturated heterocycles. The highest BCUT2D eigenvalue weighted by atomic mass is 16.5. The fraction of sp³-hybridized carbons (Fsp3) is 0.118. The summed E-state index contributed by atoms with van der Waals surface area (Å²) < 4.78 is 5.37. The molecule has 0 aliphatic heterocycles. The van der Waals surface area contributed by atoms with Gasteiger partial charge in [0.15, 0.2) is 0 Å². The highest BCUT2D eigenvalue weighted by Crippen LogP contribution is 2.14.